The van der Waals surface area contributed by atoms with Gasteiger partial charge in [0.25, 0.3) is 5.91 Å². The average molecular weight is 360 g/mol. The molecule has 2 aromatic carbocycles. The minimum Gasteiger partial charge on any atom is -0.489 e. The van der Waals surface area contributed by atoms with Gasteiger partial charge in [0.15, 0.2) is 0 Å². The van der Waals surface area contributed by atoms with Crippen LogP contribution in [-0.4, -0.2) is 27.3 Å². The zero-order valence-corrected chi connectivity index (χ0v) is 14.8. The lowest BCUT2D eigenvalue weighted by molar-refractivity contribution is 0.0731. The van der Waals surface area contributed by atoms with Crippen LogP contribution in [0.15, 0.2) is 60.8 Å². The molecule has 0 saturated carbocycles. The second kappa shape index (κ2) is 7.45. The maximum absolute atomic E-state index is 12.9. The summed E-state index contributed by atoms with van der Waals surface area (Å²) in [5.41, 5.74) is 9.23. The third-order valence-corrected chi connectivity index (χ3v) is 4.58. The molecule has 27 heavy (non-hydrogen) atoms. The molecule has 136 valence electrons. The molecule has 0 spiro atoms. The number of nitrogen functional groups attached to an aromatic ring is 1. The predicted molar refractivity (Wildman–Crippen MR) is 102 cm³/mol. The number of aromatic nitrogens is 2. The Hall–Kier alpha value is -3.41. The number of nitrogens with zero attached hydrogens (tertiary/aromatic N) is 3. The number of carbonyl (C=O) groups is 1. The number of rotatable bonds is 4. The number of nitrogens with two attached hydrogens (primary N) is 1. The van der Waals surface area contributed by atoms with Crippen LogP contribution in [0, 0.1) is 0 Å². The van der Waals surface area contributed by atoms with Gasteiger partial charge in [0, 0.05) is 18.3 Å². The highest BCUT2D eigenvalue weighted by molar-refractivity contribution is 5.94. The molecule has 0 atom stereocenters. The maximum Gasteiger partial charge on any atom is 0.254 e. The van der Waals surface area contributed by atoms with Gasteiger partial charge >= 0.3 is 0 Å². The molecule has 1 aromatic heterocycles. The van der Waals surface area contributed by atoms with Crippen LogP contribution in [0.2, 0.25) is 0 Å². The lowest BCUT2D eigenvalue weighted by atomic mass is 10.1. The number of amides is 1. The van der Waals surface area contributed by atoms with E-state index in [0.717, 1.165) is 23.2 Å². The molecule has 0 fully saturated rings. The van der Waals surface area contributed by atoms with Crippen LogP contribution in [0.4, 0.5) is 5.95 Å². The van der Waals surface area contributed by atoms with Crippen molar-refractivity contribution in [2.45, 2.75) is 19.6 Å². The fraction of sp³-hybridized carbons (Fsp3) is 0.190. The van der Waals surface area contributed by atoms with Gasteiger partial charge in [0.05, 0.1) is 12.2 Å². The van der Waals surface area contributed by atoms with Crippen LogP contribution in [0.1, 0.15) is 27.2 Å². The molecule has 0 aliphatic carbocycles. The van der Waals surface area contributed by atoms with E-state index in [1.165, 1.54) is 0 Å². The van der Waals surface area contributed by atoms with Crippen molar-refractivity contribution in [1.82, 2.24) is 14.9 Å². The van der Waals surface area contributed by atoms with Crippen molar-refractivity contribution in [3.05, 3.63) is 83.2 Å². The van der Waals surface area contributed by atoms with Gasteiger partial charge in [0.1, 0.15) is 12.4 Å². The number of hydrogen-bond acceptors (Lipinski definition) is 5. The molecule has 1 aliphatic rings. The third-order valence-electron chi connectivity index (χ3n) is 4.58. The lowest BCUT2D eigenvalue weighted by Gasteiger charge is -2.28. The van der Waals surface area contributed by atoms with E-state index in [1.807, 2.05) is 48.5 Å². The summed E-state index contributed by atoms with van der Waals surface area (Å²) < 4.78 is 5.83. The van der Waals surface area contributed by atoms with Gasteiger partial charge in [-0.2, -0.15) is 0 Å². The van der Waals surface area contributed by atoms with E-state index >= 15 is 0 Å². The second-order valence-corrected chi connectivity index (χ2v) is 6.48. The molecule has 0 bridgehead atoms. The Kier molecular flexibility index (Phi) is 4.70. The van der Waals surface area contributed by atoms with Crippen molar-refractivity contribution >= 4 is 11.9 Å². The highest BCUT2D eigenvalue weighted by Crippen LogP contribution is 2.21. The number of fused-ring (bicyclic) bond motifs is 1. The molecule has 2 heterocycles. The summed E-state index contributed by atoms with van der Waals surface area (Å²) in [5, 5.41) is 0. The Bertz CT molecular complexity index is 959. The van der Waals surface area contributed by atoms with Crippen LogP contribution in [0.3, 0.4) is 0 Å². The van der Waals surface area contributed by atoms with Crippen LogP contribution in [-0.2, 0) is 19.6 Å². The van der Waals surface area contributed by atoms with Crippen molar-refractivity contribution < 1.29 is 9.53 Å². The van der Waals surface area contributed by atoms with Gasteiger partial charge in [-0.3, -0.25) is 4.79 Å². The van der Waals surface area contributed by atoms with Gasteiger partial charge in [-0.25, -0.2) is 9.97 Å². The van der Waals surface area contributed by atoms with Crippen molar-refractivity contribution in [3.63, 3.8) is 0 Å². The van der Waals surface area contributed by atoms with Crippen molar-refractivity contribution in [2.24, 2.45) is 0 Å². The Balaban J connectivity index is 1.46. The molecule has 1 amide bonds. The van der Waals surface area contributed by atoms with Crippen LogP contribution < -0.4 is 10.5 Å². The summed E-state index contributed by atoms with van der Waals surface area (Å²) in [6.07, 6.45) is 2.48. The van der Waals surface area contributed by atoms with E-state index in [9.17, 15) is 4.79 Å². The molecule has 2 N–H and O–H groups in total. The first-order valence-electron chi connectivity index (χ1n) is 8.85. The topological polar surface area (TPSA) is 81.3 Å². The van der Waals surface area contributed by atoms with Crippen molar-refractivity contribution in [3.8, 4) is 5.75 Å². The number of carbonyl (C=O) groups excluding carboxylic acids is 1. The van der Waals surface area contributed by atoms with Crippen LogP contribution >= 0.6 is 0 Å². The SMILES string of the molecule is Nc1ncc2c(n1)CN(C(=O)c1cccc(OCc3ccccc3)c1)CC2. The van der Waals surface area contributed by atoms with E-state index in [0.29, 0.717) is 31.0 Å². The van der Waals surface area contributed by atoms with E-state index in [4.69, 9.17) is 10.5 Å². The minimum absolute atomic E-state index is 0.0389. The number of benzene rings is 2. The summed E-state index contributed by atoms with van der Waals surface area (Å²) in [7, 11) is 0. The summed E-state index contributed by atoms with van der Waals surface area (Å²) in [5.74, 6) is 0.871. The van der Waals surface area contributed by atoms with Crippen LogP contribution in [0.5, 0.6) is 5.75 Å². The minimum atomic E-state index is -0.0389. The molecule has 4 rings (SSSR count). The summed E-state index contributed by atoms with van der Waals surface area (Å²) in [4.78, 5) is 23.0. The molecule has 3 aromatic rings. The summed E-state index contributed by atoms with van der Waals surface area (Å²) >= 11 is 0. The summed E-state index contributed by atoms with van der Waals surface area (Å²) in [6.45, 7) is 1.54. The molecular formula is C21H20N4O2. The zero-order chi connectivity index (χ0) is 18.6. The van der Waals surface area contributed by atoms with E-state index < -0.39 is 0 Å². The van der Waals surface area contributed by atoms with E-state index in [-0.39, 0.29) is 11.9 Å². The molecule has 0 saturated heterocycles. The Labute approximate surface area is 157 Å². The molecule has 1 aliphatic heterocycles. The Morgan fingerprint density at radius 3 is 2.85 bits per heavy atom. The zero-order valence-electron chi connectivity index (χ0n) is 14.8. The number of anilines is 1. The smallest absolute Gasteiger partial charge is 0.254 e. The first-order chi connectivity index (χ1) is 13.2. The van der Waals surface area contributed by atoms with E-state index in [2.05, 4.69) is 9.97 Å². The summed E-state index contributed by atoms with van der Waals surface area (Å²) in [6, 6.07) is 17.2. The van der Waals surface area contributed by atoms with Crippen LogP contribution in [0.25, 0.3) is 0 Å². The second-order valence-electron chi connectivity index (χ2n) is 6.48. The third kappa shape index (κ3) is 3.89. The normalized spacial score (nSPS) is 13.1. The highest BCUT2D eigenvalue weighted by atomic mass is 16.5. The fourth-order valence-electron chi connectivity index (χ4n) is 3.13. The molecule has 6 nitrogen and oxygen atoms in total. The monoisotopic (exact) mass is 360 g/mol. The van der Waals surface area contributed by atoms with Crippen molar-refractivity contribution in [1.29, 1.82) is 0 Å². The standard InChI is InChI=1S/C21H20N4O2/c22-21-23-12-17-9-10-25(13-19(17)24-21)20(26)16-7-4-8-18(11-16)27-14-15-5-2-1-3-6-15/h1-8,11-12H,9-10,13-14H2,(H2,22,23,24). The first kappa shape index (κ1) is 17.0. The van der Waals surface area contributed by atoms with Gasteiger partial charge < -0.3 is 15.4 Å². The van der Waals surface area contributed by atoms with Crippen molar-refractivity contribution in [2.75, 3.05) is 12.3 Å². The Morgan fingerprint density at radius 1 is 1.15 bits per heavy atom. The highest BCUT2D eigenvalue weighted by Gasteiger charge is 2.23. The molecule has 0 radical (unpaired) electrons. The van der Waals surface area contributed by atoms with Gasteiger partial charge in [-0.15, -0.1) is 0 Å². The lowest BCUT2D eigenvalue weighted by Crippen LogP contribution is -2.36. The quantitative estimate of drug-likeness (QED) is 0.774. The first-order valence-corrected chi connectivity index (χ1v) is 8.85. The maximum atomic E-state index is 12.9. The number of hydrogen-bond donors (Lipinski definition) is 1. The number of ether oxygens (including phenoxy) is 1. The molecular weight excluding hydrogens is 340 g/mol. The Morgan fingerprint density at radius 2 is 2.00 bits per heavy atom. The average Bonchev–Trinajstić information content (AvgIpc) is 2.72. The molecule has 6 heteroatoms. The van der Waals surface area contributed by atoms with Gasteiger partial charge in [-0.1, -0.05) is 36.4 Å². The van der Waals surface area contributed by atoms with E-state index in [1.54, 1.807) is 17.2 Å². The fourth-order valence-corrected chi connectivity index (χ4v) is 3.13. The largest absolute Gasteiger partial charge is 0.489 e. The molecule has 0 unspecified atom stereocenters. The van der Waals surface area contributed by atoms with Gasteiger partial charge in [0.2, 0.25) is 5.95 Å². The predicted octanol–water partition coefficient (Wildman–Crippen LogP) is 2.84. The van der Waals surface area contributed by atoms with Gasteiger partial charge in [-0.05, 0) is 35.7 Å².